The number of carbonyl (C=O) groups excluding carboxylic acids is 4. The number of hydrogen-bond acceptors (Lipinski definition) is 14. The zero-order valence-corrected chi connectivity index (χ0v) is 29.8. The number of rotatable bonds is 19. The third kappa shape index (κ3) is 10.6. The second-order valence-corrected chi connectivity index (χ2v) is 17.2. The van der Waals surface area contributed by atoms with Gasteiger partial charge in [-0.05, 0) is 40.2 Å². The predicted octanol–water partition coefficient (Wildman–Crippen LogP) is 0.0845. The highest BCUT2D eigenvalue weighted by Gasteiger charge is 2.73. The number of benzene rings is 1. The first kappa shape index (κ1) is 40.1. The number of sulfone groups is 1. The van der Waals surface area contributed by atoms with Gasteiger partial charge in [0.15, 0.2) is 15.2 Å². The number of carbonyl (C=O) groups is 4. The maximum atomic E-state index is 13.3. The van der Waals surface area contributed by atoms with E-state index < -0.39 is 84.0 Å². The summed E-state index contributed by atoms with van der Waals surface area (Å²) in [4.78, 5) is 50.2. The molecule has 2 aliphatic rings. The smallest absolute Gasteiger partial charge is 0.407 e. The van der Waals surface area contributed by atoms with Crippen LogP contribution in [0.15, 0.2) is 30.3 Å². The molecule has 49 heavy (non-hydrogen) atoms. The third-order valence-corrected chi connectivity index (χ3v) is 11.7. The van der Waals surface area contributed by atoms with Crippen molar-refractivity contribution in [3.8, 4) is 0 Å². The Bertz CT molecular complexity index is 1530. The third-order valence-electron chi connectivity index (χ3n) is 7.57. The van der Waals surface area contributed by atoms with E-state index in [4.69, 9.17) is 28.4 Å². The van der Waals surface area contributed by atoms with E-state index in [0.717, 1.165) is 10.5 Å². The molecule has 2 aliphatic heterocycles. The Morgan fingerprint density at radius 2 is 1.49 bits per heavy atom. The lowest BCUT2D eigenvalue weighted by molar-refractivity contribution is -0.180. The molecule has 0 aliphatic carbocycles. The molecule has 2 fully saturated rings. The van der Waals surface area contributed by atoms with Crippen molar-refractivity contribution in [2.24, 2.45) is 5.41 Å². The fourth-order valence-electron chi connectivity index (χ4n) is 4.80. The molecular formula is C30H45N3O14S2. The molecule has 0 unspecified atom stereocenters. The first-order valence-corrected chi connectivity index (χ1v) is 18.7. The lowest BCUT2D eigenvalue weighted by Crippen LogP contribution is -2.72. The van der Waals surface area contributed by atoms with Gasteiger partial charge in [0, 0.05) is 6.54 Å². The summed E-state index contributed by atoms with van der Waals surface area (Å²) < 4.78 is 83.2. The van der Waals surface area contributed by atoms with Crippen LogP contribution in [-0.2, 0) is 69.3 Å². The summed E-state index contributed by atoms with van der Waals surface area (Å²) in [5, 5.41) is 0.941. The molecule has 2 N–H and O–H groups in total. The van der Waals surface area contributed by atoms with Crippen LogP contribution in [0.1, 0.15) is 40.2 Å². The van der Waals surface area contributed by atoms with E-state index in [2.05, 4.69) is 10.0 Å². The molecule has 2 amide bonds. The SMILES string of the molecule is CC(C)(C)C(=O)OCOC(=O)[C@@H]1N2C(=O)[C@@H](NS(=O)(=O)CCOCCOCCOCCNC(=O)OCc3ccccc3)[C@H]2S(=O)(=O)C1(C)C. The van der Waals surface area contributed by atoms with E-state index in [9.17, 15) is 36.0 Å². The van der Waals surface area contributed by atoms with Crippen molar-refractivity contribution in [3.63, 3.8) is 0 Å². The summed E-state index contributed by atoms with van der Waals surface area (Å²) in [5.74, 6) is -3.24. The van der Waals surface area contributed by atoms with Crippen LogP contribution in [0.3, 0.4) is 0 Å². The molecule has 2 saturated heterocycles. The van der Waals surface area contributed by atoms with E-state index >= 15 is 0 Å². The maximum absolute atomic E-state index is 13.3. The number of esters is 2. The van der Waals surface area contributed by atoms with Crippen LogP contribution in [0.5, 0.6) is 0 Å². The van der Waals surface area contributed by atoms with Gasteiger partial charge in [0.1, 0.15) is 23.4 Å². The predicted molar refractivity (Wildman–Crippen MR) is 172 cm³/mol. The van der Waals surface area contributed by atoms with Gasteiger partial charge < -0.3 is 38.6 Å². The highest BCUT2D eigenvalue weighted by Crippen LogP contribution is 2.46. The van der Waals surface area contributed by atoms with E-state index in [1.807, 2.05) is 30.3 Å². The van der Waals surface area contributed by atoms with Crippen LogP contribution in [0.4, 0.5) is 4.79 Å². The molecule has 276 valence electrons. The molecule has 0 aromatic heterocycles. The molecule has 2 heterocycles. The molecule has 3 atom stereocenters. The summed E-state index contributed by atoms with van der Waals surface area (Å²) in [6.07, 6.45) is -0.559. The van der Waals surface area contributed by atoms with Gasteiger partial charge in [0.2, 0.25) is 22.7 Å². The fraction of sp³-hybridized carbons (Fsp3) is 0.667. The van der Waals surface area contributed by atoms with Crippen molar-refractivity contribution in [3.05, 3.63) is 35.9 Å². The first-order chi connectivity index (χ1) is 22.9. The number of sulfonamides is 1. The van der Waals surface area contributed by atoms with Crippen LogP contribution in [0.25, 0.3) is 0 Å². The molecular weight excluding hydrogens is 690 g/mol. The van der Waals surface area contributed by atoms with E-state index in [1.165, 1.54) is 13.8 Å². The average molecular weight is 736 g/mol. The molecule has 0 spiro atoms. The molecule has 0 bridgehead atoms. The highest BCUT2D eigenvalue weighted by molar-refractivity contribution is 7.94. The van der Waals surface area contributed by atoms with Crippen LogP contribution < -0.4 is 10.0 Å². The van der Waals surface area contributed by atoms with Crippen LogP contribution >= 0.6 is 0 Å². The summed E-state index contributed by atoms with van der Waals surface area (Å²) in [6.45, 7) is 7.51. The Hall–Kier alpha value is -3.36. The van der Waals surface area contributed by atoms with Crippen molar-refractivity contribution in [1.82, 2.24) is 14.9 Å². The molecule has 17 nitrogen and oxygen atoms in total. The van der Waals surface area contributed by atoms with Gasteiger partial charge in [-0.2, -0.15) is 4.72 Å². The standard InChI is InChI=1S/C30H45N3O14S2/c1-29(2,3)27(36)47-20-46-26(35)23-30(4,5)49(40,41)25-22(24(34)33(23)25)32-48(38,39)18-17-44-16-15-43-14-13-42-12-11-31-28(37)45-19-21-9-7-6-8-10-21/h6-10,22-23,25,32H,11-20H2,1-5H3,(H,31,37)/t22-,23+,25-/m1/s1. The molecule has 1 aromatic rings. The number of alkyl carbamates (subject to hydrolysis) is 1. The fourth-order valence-corrected chi connectivity index (χ4v) is 8.16. The lowest BCUT2D eigenvalue weighted by atomic mass is 9.96. The Morgan fingerprint density at radius 1 is 0.898 bits per heavy atom. The van der Waals surface area contributed by atoms with Gasteiger partial charge in [-0.3, -0.25) is 9.59 Å². The van der Waals surface area contributed by atoms with Crippen LogP contribution in [0, 0.1) is 5.41 Å². The summed E-state index contributed by atoms with van der Waals surface area (Å²) in [7, 11) is -8.42. The van der Waals surface area contributed by atoms with Crippen molar-refractivity contribution in [1.29, 1.82) is 0 Å². The average Bonchev–Trinajstić information content (AvgIpc) is 3.17. The van der Waals surface area contributed by atoms with Gasteiger partial charge in [0.05, 0.1) is 50.8 Å². The molecule has 0 saturated carbocycles. The van der Waals surface area contributed by atoms with Gasteiger partial charge in [-0.25, -0.2) is 26.4 Å². The number of fused-ring (bicyclic) bond motifs is 1. The minimum Gasteiger partial charge on any atom is -0.445 e. The number of ether oxygens (including phenoxy) is 6. The quantitative estimate of drug-likeness (QED) is 0.0833. The second kappa shape index (κ2) is 17.0. The van der Waals surface area contributed by atoms with Crippen molar-refractivity contribution >= 4 is 43.8 Å². The van der Waals surface area contributed by atoms with E-state index in [0.29, 0.717) is 0 Å². The van der Waals surface area contributed by atoms with Crippen molar-refractivity contribution in [2.75, 3.05) is 58.7 Å². The normalized spacial score (nSPS) is 21.0. The van der Waals surface area contributed by atoms with Crippen LogP contribution in [0.2, 0.25) is 0 Å². The molecule has 0 radical (unpaired) electrons. The first-order valence-electron chi connectivity index (χ1n) is 15.5. The number of β-lactam (4-membered cyclic amide) rings is 1. The number of nitrogens with zero attached hydrogens (tertiary/aromatic N) is 1. The number of amides is 2. The monoisotopic (exact) mass is 735 g/mol. The Kier molecular flexibility index (Phi) is 13.9. The minimum absolute atomic E-state index is 0.0561. The number of nitrogens with one attached hydrogen (secondary N) is 2. The molecule has 19 heteroatoms. The van der Waals surface area contributed by atoms with Gasteiger partial charge >= 0.3 is 18.0 Å². The zero-order valence-electron chi connectivity index (χ0n) is 28.2. The van der Waals surface area contributed by atoms with Crippen LogP contribution in [-0.4, -0.2) is 127 Å². The maximum Gasteiger partial charge on any atom is 0.407 e. The van der Waals surface area contributed by atoms with Crippen molar-refractivity contribution < 1.29 is 64.4 Å². The van der Waals surface area contributed by atoms with Crippen molar-refractivity contribution in [2.45, 2.75) is 63.4 Å². The van der Waals surface area contributed by atoms with Gasteiger partial charge in [-0.15, -0.1) is 0 Å². The summed E-state index contributed by atoms with van der Waals surface area (Å²) in [5.41, 5.74) is -0.0000788. The Morgan fingerprint density at radius 3 is 2.10 bits per heavy atom. The topological polar surface area (TPSA) is 219 Å². The summed E-state index contributed by atoms with van der Waals surface area (Å²) >= 11 is 0. The van der Waals surface area contributed by atoms with E-state index in [1.54, 1.807) is 20.8 Å². The van der Waals surface area contributed by atoms with Gasteiger partial charge in [0.25, 0.3) is 0 Å². The molecule has 3 rings (SSSR count). The summed E-state index contributed by atoms with van der Waals surface area (Å²) in [6, 6.07) is 6.04. The Labute approximate surface area is 286 Å². The Balaban J connectivity index is 1.30. The number of hydrogen-bond donors (Lipinski definition) is 2. The van der Waals surface area contributed by atoms with E-state index in [-0.39, 0.29) is 52.8 Å². The van der Waals surface area contributed by atoms with Gasteiger partial charge in [-0.1, -0.05) is 30.3 Å². The largest absolute Gasteiger partial charge is 0.445 e. The molecule has 1 aromatic carbocycles. The zero-order chi connectivity index (χ0) is 36.5. The second-order valence-electron chi connectivity index (χ2n) is 12.7. The minimum atomic E-state index is -4.25. The lowest BCUT2D eigenvalue weighted by Gasteiger charge is -2.42. The highest BCUT2D eigenvalue weighted by atomic mass is 32.2.